The molecule has 102 valence electrons. The first-order chi connectivity index (χ1) is 9.19. The van der Waals surface area contributed by atoms with Crippen LogP contribution in [0.15, 0.2) is 30.5 Å². The van der Waals surface area contributed by atoms with Gasteiger partial charge in [-0.05, 0) is 44.7 Å². The van der Waals surface area contributed by atoms with E-state index in [1.54, 1.807) is 4.68 Å². The minimum atomic E-state index is 0.184. The molecule has 0 radical (unpaired) electrons. The van der Waals surface area contributed by atoms with E-state index in [1.165, 1.54) is 0 Å². The zero-order valence-electron chi connectivity index (χ0n) is 11.6. The van der Waals surface area contributed by atoms with Crippen molar-refractivity contribution < 1.29 is 4.74 Å². The smallest absolute Gasteiger partial charge is 0.119 e. The molecule has 2 aromatic rings. The Kier molecular flexibility index (Phi) is 4.52. The number of hydrogen-bond acceptors (Lipinski definition) is 4. The Labute approximate surface area is 113 Å². The average molecular weight is 260 g/mol. The lowest BCUT2D eigenvalue weighted by Gasteiger charge is -2.09. The highest BCUT2D eigenvalue weighted by Crippen LogP contribution is 2.16. The van der Waals surface area contributed by atoms with Gasteiger partial charge in [-0.15, -0.1) is 5.10 Å². The molecule has 0 saturated heterocycles. The number of nitrogens with zero attached hydrogens (tertiary/aromatic N) is 3. The molecule has 1 aromatic heterocycles. The molecule has 1 heterocycles. The summed E-state index contributed by atoms with van der Waals surface area (Å²) in [6.45, 7) is 7.76. The van der Waals surface area contributed by atoms with Crippen molar-refractivity contribution in [3.05, 3.63) is 36.2 Å². The lowest BCUT2D eigenvalue weighted by atomic mass is 10.3. The second kappa shape index (κ2) is 6.33. The molecule has 0 fully saturated rings. The van der Waals surface area contributed by atoms with E-state index in [0.717, 1.165) is 30.2 Å². The number of rotatable bonds is 6. The summed E-state index contributed by atoms with van der Waals surface area (Å²) < 4.78 is 7.38. The van der Waals surface area contributed by atoms with E-state index in [4.69, 9.17) is 4.74 Å². The molecule has 0 saturated carbocycles. The summed E-state index contributed by atoms with van der Waals surface area (Å²) in [4.78, 5) is 0. The van der Waals surface area contributed by atoms with Crippen molar-refractivity contribution in [3.63, 3.8) is 0 Å². The fourth-order valence-corrected chi connectivity index (χ4v) is 1.71. The maximum absolute atomic E-state index is 5.61. The molecule has 0 amide bonds. The van der Waals surface area contributed by atoms with E-state index in [9.17, 15) is 0 Å². The predicted molar refractivity (Wildman–Crippen MR) is 74.5 cm³/mol. The summed E-state index contributed by atoms with van der Waals surface area (Å²) in [7, 11) is 0. The van der Waals surface area contributed by atoms with Crippen molar-refractivity contribution in [2.24, 2.45) is 0 Å². The Morgan fingerprint density at radius 3 is 2.63 bits per heavy atom. The van der Waals surface area contributed by atoms with Crippen LogP contribution in [0.5, 0.6) is 5.75 Å². The van der Waals surface area contributed by atoms with Gasteiger partial charge in [-0.25, -0.2) is 4.68 Å². The van der Waals surface area contributed by atoms with Crippen molar-refractivity contribution in [1.29, 1.82) is 0 Å². The number of benzene rings is 1. The zero-order valence-corrected chi connectivity index (χ0v) is 11.6. The molecule has 2 rings (SSSR count). The monoisotopic (exact) mass is 260 g/mol. The largest absolute Gasteiger partial charge is 0.491 e. The highest BCUT2D eigenvalue weighted by molar-refractivity contribution is 5.36. The SMILES string of the molecule is CCNCc1cn(-c2ccc(OC(C)C)cc2)nn1. The molecular weight excluding hydrogens is 240 g/mol. The molecule has 5 nitrogen and oxygen atoms in total. The molecule has 0 aliphatic carbocycles. The van der Waals surface area contributed by atoms with Crippen molar-refractivity contribution in [3.8, 4) is 11.4 Å². The van der Waals surface area contributed by atoms with Crippen LogP contribution in [0.4, 0.5) is 0 Å². The summed E-state index contributed by atoms with van der Waals surface area (Å²) in [5.41, 5.74) is 1.91. The van der Waals surface area contributed by atoms with Gasteiger partial charge < -0.3 is 10.1 Å². The quantitative estimate of drug-likeness (QED) is 0.864. The molecule has 1 aromatic carbocycles. The Hall–Kier alpha value is -1.88. The molecule has 0 bridgehead atoms. The minimum Gasteiger partial charge on any atom is -0.491 e. The topological polar surface area (TPSA) is 52.0 Å². The van der Waals surface area contributed by atoms with Gasteiger partial charge >= 0.3 is 0 Å². The molecule has 0 atom stereocenters. The first-order valence-corrected chi connectivity index (χ1v) is 6.58. The Balaban J connectivity index is 2.07. The highest BCUT2D eigenvalue weighted by Gasteiger charge is 2.03. The summed E-state index contributed by atoms with van der Waals surface area (Å²) in [5, 5.41) is 11.5. The molecule has 1 N–H and O–H groups in total. The fourth-order valence-electron chi connectivity index (χ4n) is 1.71. The third kappa shape index (κ3) is 3.79. The summed E-state index contributed by atoms with van der Waals surface area (Å²) in [5.74, 6) is 0.867. The standard InChI is InChI=1S/C14H20N4O/c1-4-15-9-12-10-18(17-16-12)13-5-7-14(8-6-13)19-11(2)3/h5-8,10-11,15H,4,9H2,1-3H3. The van der Waals surface area contributed by atoms with Crippen LogP contribution in [0, 0.1) is 0 Å². The number of aromatic nitrogens is 3. The minimum absolute atomic E-state index is 0.184. The van der Waals surface area contributed by atoms with Crippen LogP contribution in [0.3, 0.4) is 0 Å². The van der Waals surface area contributed by atoms with E-state index in [0.29, 0.717) is 0 Å². The molecule has 0 spiro atoms. The Morgan fingerprint density at radius 2 is 2.00 bits per heavy atom. The van der Waals surface area contributed by atoms with Crippen LogP contribution in [0.25, 0.3) is 5.69 Å². The van der Waals surface area contributed by atoms with Gasteiger partial charge in [0.1, 0.15) is 5.75 Å². The molecule has 19 heavy (non-hydrogen) atoms. The second-order valence-electron chi connectivity index (χ2n) is 4.60. The van der Waals surface area contributed by atoms with E-state index < -0.39 is 0 Å². The number of hydrogen-bond donors (Lipinski definition) is 1. The van der Waals surface area contributed by atoms with Crippen LogP contribution in [-0.4, -0.2) is 27.6 Å². The first kappa shape index (κ1) is 13.5. The van der Waals surface area contributed by atoms with Crippen LogP contribution in [-0.2, 0) is 6.54 Å². The van der Waals surface area contributed by atoms with Gasteiger partial charge in [-0.3, -0.25) is 0 Å². The van der Waals surface area contributed by atoms with E-state index in [1.807, 2.05) is 44.3 Å². The maximum Gasteiger partial charge on any atom is 0.119 e. The van der Waals surface area contributed by atoms with Gasteiger partial charge in [0.25, 0.3) is 0 Å². The number of nitrogens with one attached hydrogen (secondary N) is 1. The molecular formula is C14H20N4O. The van der Waals surface area contributed by atoms with Gasteiger partial charge in [0.15, 0.2) is 0 Å². The van der Waals surface area contributed by atoms with Crippen molar-refractivity contribution in [2.75, 3.05) is 6.54 Å². The lowest BCUT2D eigenvalue weighted by molar-refractivity contribution is 0.242. The van der Waals surface area contributed by atoms with E-state index in [2.05, 4.69) is 22.6 Å². The van der Waals surface area contributed by atoms with Gasteiger partial charge in [-0.2, -0.15) is 0 Å². The third-order valence-electron chi connectivity index (χ3n) is 2.57. The second-order valence-corrected chi connectivity index (χ2v) is 4.60. The van der Waals surface area contributed by atoms with Gasteiger partial charge in [-0.1, -0.05) is 12.1 Å². The number of ether oxygens (including phenoxy) is 1. The molecule has 0 aliphatic rings. The summed E-state index contributed by atoms with van der Waals surface area (Å²) in [6, 6.07) is 7.84. The Bertz CT molecular complexity index is 504. The van der Waals surface area contributed by atoms with Gasteiger partial charge in [0.05, 0.1) is 23.7 Å². The van der Waals surface area contributed by atoms with E-state index >= 15 is 0 Å². The van der Waals surface area contributed by atoms with Crippen molar-refractivity contribution in [2.45, 2.75) is 33.4 Å². The van der Waals surface area contributed by atoms with Crippen LogP contribution in [0.2, 0.25) is 0 Å². The molecule has 0 aliphatic heterocycles. The molecule has 5 heteroatoms. The van der Waals surface area contributed by atoms with Crippen LogP contribution >= 0.6 is 0 Å². The van der Waals surface area contributed by atoms with Gasteiger partial charge in [0.2, 0.25) is 0 Å². The predicted octanol–water partition coefficient (Wildman–Crippen LogP) is 2.16. The van der Waals surface area contributed by atoms with Crippen LogP contribution in [0.1, 0.15) is 26.5 Å². The summed E-state index contributed by atoms with van der Waals surface area (Å²) in [6.07, 6.45) is 2.12. The Morgan fingerprint density at radius 1 is 1.26 bits per heavy atom. The lowest BCUT2D eigenvalue weighted by Crippen LogP contribution is -2.11. The summed E-state index contributed by atoms with van der Waals surface area (Å²) >= 11 is 0. The maximum atomic E-state index is 5.61. The van der Waals surface area contributed by atoms with Crippen LogP contribution < -0.4 is 10.1 Å². The normalized spacial score (nSPS) is 10.9. The van der Waals surface area contributed by atoms with E-state index in [-0.39, 0.29) is 6.10 Å². The average Bonchev–Trinajstić information content (AvgIpc) is 2.85. The van der Waals surface area contributed by atoms with Crippen molar-refractivity contribution in [1.82, 2.24) is 20.3 Å². The third-order valence-corrected chi connectivity index (χ3v) is 2.57. The highest BCUT2D eigenvalue weighted by atomic mass is 16.5. The fraction of sp³-hybridized carbons (Fsp3) is 0.429. The zero-order chi connectivity index (χ0) is 13.7. The first-order valence-electron chi connectivity index (χ1n) is 6.58. The van der Waals surface area contributed by atoms with Gasteiger partial charge in [0, 0.05) is 6.54 Å². The molecule has 0 unspecified atom stereocenters. The van der Waals surface area contributed by atoms with Crippen molar-refractivity contribution >= 4 is 0 Å².